The lowest BCUT2D eigenvalue weighted by molar-refractivity contribution is -0.137. The molecule has 0 unspecified atom stereocenters. The average molecular weight is 436 g/mol. The molecule has 0 saturated carbocycles. The monoisotopic (exact) mass is 436 g/mol. The smallest absolute Gasteiger partial charge is 0.269 e. The number of alkyl halides is 4. The molecule has 0 aliphatic carbocycles. The number of aromatic nitrogens is 2. The molecule has 0 spiro atoms. The molecule has 4 nitrogen and oxygen atoms in total. The fourth-order valence-electron chi connectivity index (χ4n) is 2.14. The molecule has 0 radical (unpaired) electrons. The van der Waals surface area contributed by atoms with E-state index in [1.54, 1.807) is 0 Å². The Kier molecular flexibility index (Phi) is 4.83. The third kappa shape index (κ3) is 3.41. The number of benzene rings is 1. The molecule has 8 heteroatoms. The van der Waals surface area contributed by atoms with Gasteiger partial charge in [0.05, 0.1) is 11.3 Å². The van der Waals surface area contributed by atoms with Gasteiger partial charge >= 0.3 is 11.9 Å². The molecule has 0 fully saturated rings. The Hall–Kier alpha value is -1.84. The number of aryl methyl sites for hydroxylation is 1. The van der Waals surface area contributed by atoms with Gasteiger partial charge in [0.1, 0.15) is 0 Å². The first kappa shape index (κ1) is 17.5. The Balaban J connectivity index is 2.77. The van der Waals surface area contributed by atoms with Gasteiger partial charge in [-0.25, -0.2) is 9.36 Å². The zero-order valence-corrected chi connectivity index (χ0v) is 14.2. The van der Waals surface area contributed by atoms with E-state index in [2.05, 4.69) is 6.58 Å². The first-order valence-corrected chi connectivity index (χ1v) is 7.97. The summed E-state index contributed by atoms with van der Waals surface area (Å²) in [5.74, 6) is 0. The lowest BCUT2D eigenvalue weighted by atomic mass is 10.2. The Bertz CT molecular complexity index is 882. The molecule has 2 rings (SSSR count). The fraction of sp³-hybridized carbons (Fsp3) is 0.200. The van der Waals surface area contributed by atoms with Crippen molar-refractivity contribution in [1.29, 1.82) is 0 Å². The minimum atomic E-state index is -4.52. The molecule has 2 aromatic rings. The van der Waals surface area contributed by atoms with Crippen LogP contribution in [0.3, 0.4) is 0 Å². The summed E-state index contributed by atoms with van der Waals surface area (Å²) < 4.78 is 40.8. The second-order valence-electron chi connectivity index (χ2n) is 4.83. The van der Waals surface area contributed by atoms with Crippen LogP contribution in [0.15, 0.2) is 46.5 Å². The van der Waals surface area contributed by atoms with Crippen molar-refractivity contribution >= 4 is 28.3 Å². The number of hydrogen-bond donors (Lipinski definition) is 0. The SMILES string of the molecule is C=C(CI)n1c(=O)cc(C)n(-c2cccc(C(F)(F)F)c2)c1=O. The van der Waals surface area contributed by atoms with E-state index in [0.29, 0.717) is 4.43 Å². The second kappa shape index (κ2) is 6.34. The lowest BCUT2D eigenvalue weighted by Gasteiger charge is -2.15. The minimum absolute atomic E-state index is 0.0392. The molecule has 0 aliphatic heterocycles. The molecule has 1 aromatic carbocycles. The lowest BCUT2D eigenvalue weighted by Crippen LogP contribution is -2.39. The minimum Gasteiger partial charge on any atom is -0.269 e. The van der Waals surface area contributed by atoms with E-state index < -0.39 is 23.0 Å². The van der Waals surface area contributed by atoms with Crippen LogP contribution in [0.5, 0.6) is 0 Å². The van der Waals surface area contributed by atoms with Crippen molar-refractivity contribution in [3.63, 3.8) is 0 Å². The average Bonchev–Trinajstić information content (AvgIpc) is 2.45. The number of nitrogens with zero attached hydrogens (tertiary/aromatic N) is 2. The number of hydrogen-bond acceptors (Lipinski definition) is 2. The largest absolute Gasteiger partial charge is 0.416 e. The normalized spacial score (nSPS) is 11.5. The standard InChI is InChI=1S/C15H12F3IN2O2/c1-9-6-13(22)21(10(2)8-19)14(23)20(9)12-5-3-4-11(7-12)15(16,17)18/h3-7H,2,8H2,1H3. The summed E-state index contributed by atoms with van der Waals surface area (Å²) in [7, 11) is 0. The predicted molar refractivity (Wildman–Crippen MR) is 90.3 cm³/mol. The van der Waals surface area contributed by atoms with E-state index in [1.165, 1.54) is 25.1 Å². The Labute approximate surface area is 143 Å². The highest BCUT2D eigenvalue weighted by atomic mass is 127. The number of rotatable bonds is 3. The summed E-state index contributed by atoms with van der Waals surface area (Å²) in [5.41, 5.74) is -1.62. The molecule has 0 atom stereocenters. The number of halogens is 4. The quantitative estimate of drug-likeness (QED) is 0.548. The molecule has 0 bridgehead atoms. The van der Waals surface area contributed by atoms with Crippen LogP contribution in [-0.4, -0.2) is 13.6 Å². The molecule has 0 amide bonds. The van der Waals surface area contributed by atoms with Gasteiger partial charge in [-0.15, -0.1) is 0 Å². The Morgan fingerprint density at radius 2 is 1.91 bits per heavy atom. The van der Waals surface area contributed by atoms with E-state index in [-0.39, 0.29) is 17.1 Å². The Morgan fingerprint density at radius 3 is 2.48 bits per heavy atom. The maximum absolute atomic E-state index is 12.9. The van der Waals surface area contributed by atoms with Crippen LogP contribution in [0.1, 0.15) is 11.3 Å². The van der Waals surface area contributed by atoms with Gasteiger partial charge in [0.2, 0.25) is 0 Å². The van der Waals surface area contributed by atoms with Gasteiger partial charge in [-0.05, 0) is 25.1 Å². The maximum atomic E-state index is 12.9. The van der Waals surface area contributed by atoms with E-state index in [4.69, 9.17) is 0 Å². The summed E-state index contributed by atoms with van der Waals surface area (Å²) in [5, 5.41) is 0. The molecular formula is C15H12F3IN2O2. The first-order chi connectivity index (χ1) is 10.7. The third-order valence-corrected chi connectivity index (χ3v) is 4.07. The van der Waals surface area contributed by atoms with Gasteiger partial charge in [0.25, 0.3) is 5.56 Å². The molecule has 0 saturated heterocycles. The van der Waals surface area contributed by atoms with Crippen LogP contribution < -0.4 is 11.2 Å². The van der Waals surface area contributed by atoms with Crippen molar-refractivity contribution in [2.75, 3.05) is 4.43 Å². The molecule has 1 heterocycles. The van der Waals surface area contributed by atoms with Crippen LogP contribution in [-0.2, 0) is 6.18 Å². The zero-order valence-electron chi connectivity index (χ0n) is 12.0. The molecule has 23 heavy (non-hydrogen) atoms. The van der Waals surface area contributed by atoms with Crippen molar-refractivity contribution in [2.45, 2.75) is 13.1 Å². The molecule has 0 N–H and O–H groups in total. The molecular weight excluding hydrogens is 424 g/mol. The van der Waals surface area contributed by atoms with E-state index in [0.717, 1.165) is 21.3 Å². The van der Waals surface area contributed by atoms with Gasteiger partial charge in [-0.1, -0.05) is 35.2 Å². The molecule has 1 aromatic heterocycles. The Morgan fingerprint density at radius 1 is 1.26 bits per heavy atom. The highest BCUT2D eigenvalue weighted by Crippen LogP contribution is 2.30. The van der Waals surface area contributed by atoms with Crippen LogP contribution in [0.2, 0.25) is 0 Å². The van der Waals surface area contributed by atoms with Crippen molar-refractivity contribution < 1.29 is 13.2 Å². The second-order valence-corrected chi connectivity index (χ2v) is 5.59. The predicted octanol–water partition coefficient (Wildman–Crippen LogP) is 3.23. The van der Waals surface area contributed by atoms with E-state index in [9.17, 15) is 22.8 Å². The van der Waals surface area contributed by atoms with E-state index in [1.807, 2.05) is 22.6 Å². The van der Waals surface area contributed by atoms with Crippen molar-refractivity contribution in [3.05, 3.63) is 69.0 Å². The summed E-state index contributed by atoms with van der Waals surface area (Å²) in [4.78, 5) is 24.5. The van der Waals surface area contributed by atoms with Gasteiger partial charge in [-0.3, -0.25) is 9.36 Å². The molecule has 0 aliphatic rings. The van der Waals surface area contributed by atoms with Crippen LogP contribution in [0.25, 0.3) is 11.4 Å². The zero-order chi connectivity index (χ0) is 17.4. The van der Waals surface area contributed by atoms with Crippen molar-refractivity contribution in [3.8, 4) is 5.69 Å². The maximum Gasteiger partial charge on any atom is 0.416 e. The summed E-state index contributed by atoms with van der Waals surface area (Å²) in [6, 6.07) is 5.58. The van der Waals surface area contributed by atoms with Gasteiger partial charge in [-0.2, -0.15) is 13.2 Å². The van der Waals surface area contributed by atoms with Gasteiger partial charge < -0.3 is 0 Å². The highest BCUT2D eigenvalue weighted by Gasteiger charge is 2.30. The van der Waals surface area contributed by atoms with Crippen LogP contribution >= 0.6 is 22.6 Å². The molecule has 122 valence electrons. The third-order valence-electron chi connectivity index (χ3n) is 3.19. The van der Waals surface area contributed by atoms with E-state index >= 15 is 0 Å². The summed E-state index contributed by atoms with van der Waals surface area (Å²) in [6.45, 7) is 5.13. The summed E-state index contributed by atoms with van der Waals surface area (Å²) in [6.07, 6.45) is -4.52. The number of allylic oxidation sites excluding steroid dienone is 1. The topological polar surface area (TPSA) is 44.0 Å². The van der Waals surface area contributed by atoms with Crippen molar-refractivity contribution in [1.82, 2.24) is 9.13 Å². The van der Waals surface area contributed by atoms with Crippen molar-refractivity contribution in [2.24, 2.45) is 0 Å². The summed E-state index contributed by atoms with van der Waals surface area (Å²) >= 11 is 1.95. The fourth-order valence-corrected chi connectivity index (χ4v) is 2.48. The van der Waals surface area contributed by atoms with Crippen LogP contribution in [0.4, 0.5) is 13.2 Å². The van der Waals surface area contributed by atoms with Gasteiger partial charge in [0, 0.05) is 21.9 Å². The highest BCUT2D eigenvalue weighted by molar-refractivity contribution is 14.1. The first-order valence-electron chi connectivity index (χ1n) is 6.44. The van der Waals surface area contributed by atoms with Crippen LogP contribution in [0, 0.1) is 6.92 Å². The van der Waals surface area contributed by atoms with Gasteiger partial charge in [0.15, 0.2) is 0 Å².